The molecule has 7 aromatic carbocycles. The van der Waals surface area contributed by atoms with Gasteiger partial charge in [-0.25, -0.2) is 4.98 Å². The highest BCUT2D eigenvalue weighted by Gasteiger charge is 2.21. The summed E-state index contributed by atoms with van der Waals surface area (Å²) in [6.07, 6.45) is 0. The van der Waals surface area contributed by atoms with Gasteiger partial charge in [-0.15, -0.1) is 11.3 Å². The van der Waals surface area contributed by atoms with Gasteiger partial charge in [0.05, 0.1) is 16.6 Å². The zero-order valence-electron chi connectivity index (χ0n) is 27.1. The molecule has 11 aromatic rings. The molecular formula is C45H26N4OS. The number of hydrogen-bond donors (Lipinski definition) is 0. The van der Waals surface area contributed by atoms with Crippen LogP contribution in [0.5, 0.6) is 0 Å². The van der Waals surface area contributed by atoms with Gasteiger partial charge in [-0.3, -0.25) is 4.57 Å². The fourth-order valence-electron chi connectivity index (χ4n) is 7.51. The fraction of sp³-hybridized carbons (Fsp3) is 0. The van der Waals surface area contributed by atoms with Gasteiger partial charge in [-0.1, -0.05) is 115 Å². The first-order valence-electron chi connectivity index (χ1n) is 16.9. The van der Waals surface area contributed by atoms with Crippen molar-refractivity contribution in [3.05, 3.63) is 158 Å². The molecule has 6 heteroatoms. The molecule has 0 fully saturated rings. The van der Waals surface area contributed by atoms with Crippen molar-refractivity contribution < 1.29 is 4.42 Å². The smallest absolute Gasteiger partial charge is 0.238 e. The van der Waals surface area contributed by atoms with E-state index in [0.29, 0.717) is 17.6 Å². The molecule has 0 saturated heterocycles. The Kier molecular flexibility index (Phi) is 6.05. The number of benzene rings is 7. The number of aromatic nitrogens is 4. The molecule has 0 saturated carbocycles. The van der Waals surface area contributed by atoms with E-state index in [1.54, 1.807) is 0 Å². The maximum Gasteiger partial charge on any atom is 0.238 e. The molecule has 0 bridgehead atoms. The summed E-state index contributed by atoms with van der Waals surface area (Å²) in [6.45, 7) is 0. The number of nitrogens with zero attached hydrogens (tertiary/aromatic N) is 4. The van der Waals surface area contributed by atoms with E-state index in [9.17, 15) is 0 Å². The van der Waals surface area contributed by atoms with Crippen LogP contribution < -0.4 is 0 Å². The molecule has 5 nitrogen and oxygen atoms in total. The molecule has 4 heterocycles. The third kappa shape index (κ3) is 4.37. The summed E-state index contributed by atoms with van der Waals surface area (Å²) >= 11 is 1.83. The molecule has 0 spiro atoms. The van der Waals surface area contributed by atoms with Crippen LogP contribution in [0.2, 0.25) is 0 Å². The predicted molar refractivity (Wildman–Crippen MR) is 211 cm³/mol. The lowest BCUT2D eigenvalue weighted by Crippen LogP contribution is -2.06. The summed E-state index contributed by atoms with van der Waals surface area (Å²) in [5.41, 5.74) is 7.64. The first kappa shape index (κ1) is 28.2. The summed E-state index contributed by atoms with van der Waals surface area (Å²) < 4.78 is 11.2. The van der Waals surface area contributed by atoms with Crippen LogP contribution in [0.3, 0.4) is 0 Å². The molecule has 4 aromatic heterocycles. The zero-order chi connectivity index (χ0) is 33.5. The highest BCUT2D eigenvalue weighted by Crippen LogP contribution is 2.41. The fourth-order valence-corrected chi connectivity index (χ4v) is 8.64. The second-order valence-electron chi connectivity index (χ2n) is 12.8. The number of fused-ring (bicyclic) bond motifs is 9. The van der Waals surface area contributed by atoms with Crippen molar-refractivity contribution in [3.63, 3.8) is 0 Å². The van der Waals surface area contributed by atoms with Gasteiger partial charge in [0.25, 0.3) is 0 Å². The van der Waals surface area contributed by atoms with Crippen LogP contribution in [-0.4, -0.2) is 19.5 Å². The number of para-hydroxylation sites is 3. The van der Waals surface area contributed by atoms with Crippen LogP contribution in [0.4, 0.5) is 0 Å². The Morgan fingerprint density at radius 1 is 0.431 bits per heavy atom. The SMILES string of the molecule is c1ccc(-c2cccc(-c3nc(-c4cccc5c4oc4ccccc45)nc(-n4c5ccccc5c5cc6sc7ccccc7c6cc54)n3)c2)cc1. The number of thiophene rings is 1. The van der Waals surface area contributed by atoms with Crippen molar-refractivity contribution in [1.82, 2.24) is 19.5 Å². The lowest BCUT2D eigenvalue weighted by Gasteiger charge is -2.12. The van der Waals surface area contributed by atoms with E-state index in [4.69, 9.17) is 19.4 Å². The zero-order valence-corrected chi connectivity index (χ0v) is 27.9. The lowest BCUT2D eigenvalue weighted by molar-refractivity contribution is 0.669. The molecule has 0 N–H and O–H groups in total. The molecule has 0 unspecified atom stereocenters. The van der Waals surface area contributed by atoms with Gasteiger partial charge >= 0.3 is 0 Å². The topological polar surface area (TPSA) is 56.7 Å². The average molecular weight is 671 g/mol. The molecular weight excluding hydrogens is 645 g/mol. The molecule has 0 atom stereocenters. The second-order valence-corrected chi connectivity index (χ2v) is 13.9. The van der Waals surface area contributed by atoms with E-state index in [0.717, 1.165) is 60.6 Å². The van der Waals surface area contributed by atoms with E-state index in [1.165, 1.54) is 25.6 Å². The Bertz CT molecular complexity index is 3150. The standard InChI is InChI=1S/C45H26N4OS/c1-2-12-27(13-3-1)28-14-10-15-29(24-28)43-46-44(34-20-11-19-33-31-17-5-8-22-39(31)50-42(33)34)48-45(47-43)49-37-21-7-4-16-30(37)35-26-41-36(25-38(35)49)32-18-6-9-23-40(32)51-41/h1-26H. The highest BCUT2D eigenvalue weighted by atomic mass is 32.1. The normalized spacial score (nSPS) is 11.9. The van der Waals surface area contributed by atoms with Crippen molar-refractivity contribution in [2.45, 2.75) is 0 Å². The Morgan fingerprint density at radius 2 is 1.14 bits per heavy atom. The maximum atomic E-state index is 6.51. The Hall–Kier alpha value is -6.63. The molecule has 0 aliphatic heterocycles. The van der Waals surface area contributed by atoms with Gasteiger partial charge in [0.1, 0.15) is 11.2 Å². The minimum atomic E-state index is 0.553. The van der Waals surface area contributed by atoms with Crippen LogP contribution in [-0.2, 0) is 0 Å². The van der Waals surface area contributed by atoms with Gasteiger partial charge in [0.15, 0.2) is 11.6 Å². The van der Waals surface area contributed by atoms with Gasteiger partial charge in [0.2, 0.25) is 5.95 Å². The minimum absolute atomic E-state index is 0.553. The van der Waals surface area contributed by atoms with Crippen LogP contribution in [0, 0.1) is 0 Å². The summed E-state index contributed by atoms with van der Waals surface area (Å²) in [5, 5.41) is 6.89. The van der Waals surface area contributed by atoms with Crippen molar-refractivity contribution in [2.75, 3.05) is 0 Å². The van der Waals surface area contributed by atoms with E-state index in [1.807, 2.05) is 41.7 Å². The summed E-state index contributed by atoms with van der Waals surface area (Å²) in [5.74, 6) is 1.70. The van der Waals surface area contributed by atoms with E-state index in [2.05, 4.69) is 132 Å². The van der Waals surface area contributed by atoms with E-state index < -0.39 is 0 Å². The highest BCUT2D eigenvalue weighted by molar-refractivity contribution is 7.25. The third-order valence-corrected chi connectivity index (χ3v) is 11.0. The van der Waals surface area contributed by atoms with E-state index in [-0.39, 0.29) is 0 Å². The number of rotatable bonds is 4. The van der Waals surface area contributed by atoms with Gasteiger partial charge in [-0.2, -0.15) is 9.97 Å². The molecule has 238 valence electrons. The Labute approximate surface area is 295 Å². The predicted octanol–water partition coefficient (Wildman–Crippen LogP) is 12.2. The van der Waals surface area contributed by atoms with Crippen LogP contribution >= 0.6 is 11.3 Å². The Balaban J connectivity index is 1.22. The quantitative estimate of drug-likeness (QED) is 0.187. The van der Waals surface area contributed by atoms with Crippen molar-refractivity contribution in [1.29, 1.82) is 0 Å². The monoisotopic (exact) mass is 670 g/mol. The molecule has 0 amide bonds. The van der Waals surface area contributed by atoms with Gasteiger partial charge in [-0.05, 0) is 53.6 Å². The molecule has 0 aliphatic carbocycles. The summed E-state index contributed by atoms with van der Waals surface area (Å²) in [7, 11) is 0. The van der Waals surface area contributed by atoms with E-state index >= 15 is 0 Å². The average Bonchev–Trinajstić information content (AvgIpc) is 3.86. The molecule has 0 radical (unpaired) electrons. The van der Waals surface area contributed by atoms with Gasteiger partial charge < -0.3 is 4.42 Å². The summed E-state index contributed by atoms with van der Waals surface area (Å²) in [6, 6.07) is 55.0. The number of furan rings is 1. The van der Waals surface area contributed by atoms with Crippen LogP contribution in [0.1, 0.15) is 0 Å². The van der Waals surface area contributed by atoms with Crippen molar-refractivity contribution >= 4 is 75.3 Å². The van der Waals surface area contributed by atoms with Crippen LogP contribution in [0.25, 0.3) is 104 Å². The minimum Gasteiger partial charge on any atom is -0.455 e. The lowest BCUT2D eigenvalue weighted by atomic mass is 10.0. The molecule has 11 rings (SSSR count). The largest absolute Gasteiger partial charge is 0.455 e. The third-order valence-electron chi connectivity index (χ3n) is 9.87. The molecule has 0 aliphatic rings. The van der Waals surface area contributed by atoms with Crippen molar-refractivity contribution in [2.24, 2.45) is 0 Å². The maximum absolute atomic E-state index is 6.51. The number of hydrogen-bond acceptors (Lipinski definition) is 5. The van der Waals surface area contributed by atoms with Crippen LogP contribution in [0.15, 0.2) is 162 Å². The second kappa shape index (κ2) is 10.9. The first-order chi connectivity index (χ1) is 25.3. The summed E-state index contributed by atoms with van der Waals surface area (Å²) in [4.78, 5) is 15.7. The van der Waals surface area contributed by atoms with Crippen molar-refractivity contribution in [3.8, 4) is 39.9 Å². The molecule has 51 heavy (non-hydrogen) atoms. The Morgan fingerprint density at radius 3 is 2.06 bits per heavy atom. The first-order valence-corrected chi connectivity index (χ1v) is 17.8. The van der Waals surface area contributed by atoms with Gasteiger partial charge in [0, 0.05) is 47.3 Å².